The Morgan fingerprint density at radius 1 is 1.29 bits per heavy atom. The summed E-state index contributed by atoms with van der Waals surface area (Å²) >= 11 is 1.50. The molecule has 1 aromatic heterocycles. The van der Waals surface area contributed by atoms with Crippen LogP contribution in [0.1, 0.15) is 37.3 Å². The summed E-state index contributed by atoms with van der Waals surface area (Å²) in [6, 6.07) is -0.155. The van der Waals surface area contributed by atoms with Crippen LogP contribution in [0.3, 0.4) is 0 Å². The van der Waals surface area contributed by atoms with Crippen LogP contribution in [-0.4, -0.2) is 43.0 Å². The van der Waals surface area contributed by atoms with E-state index in [1.807, 2.05) is 0 Å². The normalized spacial score (nSPS) is 37.2. The summed E-state index contributed by atoms with van der Waals surface area (Å²) in [5.41, 5.74) is 1.08. The molecule has 24 heavy (non-hydrogen) atoms. The average molecular weight is 349 g/mol. The number of thiazole rings is 1. The van der Waals surface area contributed by atoms with Gasteiger partial charge in [-0.15, -0.1) is 11.3 Å². The van der Waals surface area contributed by atoms with Gasteiger partial charge in [-0.2, -0.15) is 0 Å². The molecule has 6 nitrogen and oxygen atoms in total. The highest BCUT2D eigenvalue weighted by atomic mass is 32.1. The van der Waals surface area contributed by atoms with Gasteiger partial charge >= 0.3 is 6.03 Å². The third-order valence-electron chi connectivity index (χ3n) is 6.03. The first-order valence-corrected chi connectivity index (χ1v) is 9.89. The molecule has 5 rings (SSSR count). The van der Waals surface area contributed by atoms with E-state index in [0.29, 0.717) is 35.7 Å². The van der Waals surface area contributed by atoms with Crippen molar-refractivity contribution in [3.63, 3.8) is 0 Å². The lowest BCUT2D eigenvalue weighted by Crippen LogP contribution is -2.36. The molecule has 0 aromatic carbocycles. The zero-order valence-corrected chi connectivity index (χ0v) is 14.4. The first-order valence-electron chi connectivity index (χ1n) is 9.01. The van der Waals surface area contributed by atoms with Crippen LogP contribution in [0, 0.1) is 17.8 Å². The summed E-state index contributed by atoms with van der Waals surface area (Å²) in [4.78, 5) is 16.7. The number of nitrogens with zero attached hydrogens (tertiary/aromatic N) is 1. The summed E-state index contributed by atoms with van der Waals surface area (Å²) in [7, 11) is 0. The minimum atomic E-state index is -0.155. The summed E-state index contributed by atoms with van der Waals surface area (Å²) < 4.78 is 11.4. The van der Waals surface area contributed by atoms with Crippen molar-refractivity contribution in [1.29, 1.82) is 0 Å². The topological polar surface area (TPSA) is 72.5 Å². The number of carbonyl (C=O) groups is 1. The molecule has 2 amide bonds. The number of rotatable bonds is 4. The van der Waals surface area contributed by atoms with Crippen LogP contribution in [0.2, 0.25) is 0 Å². The molecule has 4 heterocycles. The zero-order valence-electron chi connectivity index (χ0n) is 13.6. The van der Waals surface area contributed by atoms with E-state index in [0.717, 1.165) is 50.0 Å². The molecule has 1 aromatic rings. The average Bonchev–Trinajstić information content (AvgIpc) is 2.97. The Labute approximate surface area is 145 Å². The summed E-state index contributed by atoms with van der Waals surface area (Å²) in [5, 5.41) is 8.62. The molecule has 3 saturated heterocycles. The van der Waals surface area contributed by atoms with E-state index in [4.69, 9.17) is 9.47 Å². The van der Waals surface area contributed by atoms with Gasteiger partial charge in [0.05, 0.1) is 17.9 Å². The molecular weight excluding hydrogens is 326 g/mol. The maximum absolute atomic E-state index is 12.1. The van der Waals surface area contributed by atoms with Crippen LogP contribution in [0.5, 0.6) is 0 Å². The smallest absolute Gasteiger partial charge is 0.321 e. The van der Waals surface area contributed by atoms with Crippen molar-refractivity contribution in [3.8, 4) is 0 Å². The third kappa shape index (κ3) is 2.72. The molecule has 130 valence electrons. The number of hydrogen-bond acceptors (Lipinski definition) is 5. The highest BCUT2D eigenvalue weighted by Gasteiger charge is 2.62. The van der Waals surface area contributed by atoms with E-state index in [2.05, 4.69) is 21.0 Å². The Bertz CT molecular complexity index is 630. The molecule has 1 saturated carbocycles. The second-order valence-electron chi connectivity index (χ2n) is 7.50. The van der Waals surface area contributed by atoms with Crippen molar-refractivity contribution in [2.75, 3.05) is 25.1 Å². The molecule has 0 unspecified atom stereocenters. The maximum atomic E-state index is 12.1. The second-order valence-corrected chi connectivity index (χ2v) is 8.36. The third-order valence-corrected chi connectivity index (χ3v) is 6.81. The minimum absolute atomic E-state index is 0.155. The Kier molecular flexibility index (Phi) is 3.75. The van der Waals surface area contributed by atoms with Crippen molar-refractivity contribution >= 4 is 22.5 Å². The van der Waals surface area contributed by atoms with Gasteiger partial charge in [0, 0.05) is 37.0 Å². The number of carbonyl (C=O) groups excluding carboxylic acids is 1. The van der Waals surface area contributed by atoms with E-state index >= 15 is 0 Å². The van der Waals surface area contributed by atoms with Crippen LogP contribution in [-0.2, 0) is 9.47 Å². The van der Waals surface area contributed by atoms with Crippen molar-refractivity contribution < 1.29 is 14.3 Å². The lowest BCUT2D eigenvalue weighted by atomic mass is 9.89. The Morgan fingerprint density at radius 3 is 2.96 bits per heavy atom. The molecule has 7 heteroatoms. The molecule has 1 aliphatic carbocycles. The van der Waals surface area contributed by atoms with Crippen molar-refractivity contribution in [2.45, 2.75) is 43.8 Å². The number of hydrogen-bond donors (Lipinski definition) is 2. The Balaban J connectivity index is 1.11. The Hall–Kier alpha value is -1.18. The highest BCUT2D eigenvalue weighted by molar-refractivity contribution is 7.13. The fraction of sp³-hybridized carbons (Fsp3) is 0.765. The molecule has 0 radical (unpaired) electrons. The molecule has 3 aliphatic heterocycles. The standard InChI is InChI=1S/C17H23N3O3S/c21-16(18-7-10-5-14-11-6-12(11)15(10)23-14)20-17-19-13(8-24-17)9-1-3-22-4-2-9/h8-12,14-15H,1-7H2,(H2,18,19,20,21)/t10-,11+,12-,14-,15+/m0/s1. The van der Waals surface area contributed by atoms with E-state index in [1.54, 1.807) is 0 Å². The maximum Gasteiger partial charge on any atom is 0.321 e. The van der Waals surface area contributed by atoms with Gasteiger partial charge in [-0.1, -0.05) is 0 Å². The molecule has 0 spiro atoms. The first-order chi connectivity index (χ1) is 11.8. The predicted molar refractivity (Wildman–Crippen MR) is 90.3 cm³/mol. The largest absolute Gasteiger partial charge is 0.381 e. The van der Waals surface area contributed by atoms with Gasteiger partial charge in [-0.3, -0.25) is 5.32 Å². The molecule has 5 atom stereocenters. The lowest BCUT2D eigenvalue weighted by molar-refractivity contribution is 0.0614. The van der Waals surface area contributed by atoms with Gasteiger partial charge in [0.25, 0.3) is 0 Å². The van der Waals surface area contributed by atoms with Crippen molar-refractivity contribution in [2.24, 2.45) is 17.8 Å². The fourth-order valence-electron chi connectivity index (χ4n) is 4.66. The summed E-state index contributed by atoms with van der Waals surface area (Å²) in [6.45, 7) is 2.31. The number of urea groups is 1. The van der Waals surface area contributed by atoms with Gasteiger partial charge in [0.2, 0.25) is 0 Å². The summed E-state index contributed by atoms with van der Waals surface area (Å²) in [6.07, 6.45) is 5.34. The Morgan fingerprint density at radius 2 is 2.17 bits per heavy atom. The van der Waals surface area contributed by atoms with Gasteiger partial charge in [0.1, 0.15) is 0 Å². The minimum Gasteiger partial charge on any atom is -0.381 e. The van der Waals surface area contributed by atoms with Crippen LogP contribution >= 0.6 is 11.3 Å². The number of fused-ring (bicyclic) bond motifs is 5. The first kappa shape index (κ1) is 15.1. The monoisotopic (exact) mass is 349 g/mol. The van der Waals surface area contributed by atoms with E-state index in [9.17, 15) is 4.79 Å². The molecule has 2 bridgehead atoms. The summed E-state index contributed by atoms with van der Waals surface area (Å²) in [5.74, 6) is 2.56. The SMILES string of the molecule is O=C(NC[C@@H]1C[C@@H]2O[C@H]1[C@H]1C[C@H]12)Nc1nc(C2CCOCC2)cs1. The van der Waals surface area contributed by atoms with Crippen LogP contribution in [0.15, 0.2) is 5.38 Å². The van der Waals surface area contributed by atoms with E-state index < -0.39 is 0 Å². The van der Waals surface area contributed by atoms with E-state index in [-0.39, 0.29) is 6.03 Å². The molecular formula is C17H23N3O3S. The fourth-order valence-corrected chi connectivity index (χ4v) is 5.44. The number of aromatic nitrogens is 1. The number of amides is 2. The second kappa shape index (κ2) is 5.97. The van der Waals surface area contributed by atoms with Gasteiger partial charge in [-0.05, 0) is 37.5 Å². The van der Waals surface area contributed by atoms with Crippen LogP contribution in [0.4, 0.5) is 9.93 Å². The van der Waals surface area contributed by atoms with Gasteiger partial charge in [0.15, 0.2) is 5.13 Å². The predicted octanol–water partition coefficient (Wildman–Crippen LogP) is 2.58. The zero-order chi connectivity index (χ0) is 16.1. The number of ether oxygens (including phenoxy) is 2. The molecule has 4 aliphatic rings. The number of anilines is 1. The van der Waals surface area contributed by atoms with Gasteiger partial charge < -0.3 is 14.8 Å². The quantitative estimate of drug-likeness (QED) is 0.876. The van der Waals surface area contributed by atoms with Crippen LogP contribution in [0.25, 0.3) is 0 Å². The van der Waals surface area contributed by atoms with Gasteiger partial charge in [-0.25, -0.2) is 9.78 Å². The van der Waals surface area contributed by atoms with Crippen LogP contribution < -0.4 is 10.6 Å². The van der Waals surface area contributed by atoms with Crippen molar-refractivity contribution in [3.05, 3.63) is 11.1 Å². The number of nitrogens with one attached hydrogen (secondary N) is 2. The molecule has 2 N–H and O–H groups in total. The van der Waals surface area contributed by atoms with Crippen molar-refractivity contribution in [1.82, 2.24) is 10.3 Å². The molecule has 4 fully saturated rings. The lowest BCUT2D eigenvalue weighted by Gasteiger charge is -2.20. The van der Waals surface area contributed by atoms with E-state index in [1.165, 1.54) is 17.8 Å². The highest BCUT2D eigenvalue weighted by Crippen LogP contribution is 2.60.